The molecule has 0 amide bonds. The van der Waals surface area contributed by atoms with Gasteiger partial charge in [-0.2, -0.15) is 0 Å². The van der Waals surface area contributed by atoms with Crippen molar-refractivity contribution in [3.63, 3.8) is 0 Å². The molecule has 0 spiro atoms. The fourth-order valence-electron chi connectivity index (χ4n) is 8.62. The molecular weight excluding hydrogens is 840 g/mol. The Kier molecular flexibility index (Phi) is 15.5. The molecule has 1 aromatic heterocycles. The maximum atomic E-state index is 12.0. The molecule has 0 saturated carbocycles. The molecule has 0 saturated heterocycles. The summed E-state index contributed by atoms with van der Waals surface area (Å²) in [5.41, 5.74) is 12.7. The van der Waals surface area contributed by atoms with Crippen LogP contribution >= 0.6 is 0 Å². The van der Waals surface area contributed by atoms with Crippen molar-refractivity contribution in [1.29, 1.82) is 0 Å². The van der Waals surface area contributed by atoms with Crippen molar-refractivity contribution in [2.45, 2.75) is 81.5 Å². The number of rotatable bonds is 2. The first-order chi connectivity index (χ1) is 32.9. The third-order valence-electron chi connectivity index (χ3n) is 11.2. The smallest absolute Gasteiger partial charge is 0.250 e. The van der Waals surface area contributed by atoms with Gasteiger partial charge >= 0.3 is 0 Å². The molecule has 0 aliphatic carbocycles. The van der Waals surface area contributed by atoms with Crippen molar-refractivity contribution in [3.8, 4) is 11.5 Å². The molecule has 4 nitrogen and oxygen atoms in total. The molecule has 2 aliphatic rings. The minimum Gasteiger partial charge on any atom is -0.458 e. The standard InChI is InChI=1S/C22H22BN.C18H13BO.C13H8O2.2C5H12/c1-22(2,3)23-18-13-7-9-15-20(18)24(17-11-5-4-6-12-17)21-16-10-8-14-19(21)23;1-2-8-14(9-3-1)19-15-10-4-6-12-17(15)20-18-13-7-5-11-16(18)19;14-13-9-5-1-3-7-11(9)15-12-8-4-2-6-10(12)13;2*1-5(2,3)4/h4-16H,1-3H3;1-13H;1-8H;2*1-4H3. The van der Waals surface area contributed by atoms with Gasteiger partial charge in [-0.15, -0.1) is 0 Å². The molecule has 9 aromatic rings. The molecule has 0 N–H and O–H groups in total. The van der Waals surface area contributed by atoms with Gasteiger partial charge in [-0.05, 0) is 98.7 Å². The fourth-order valence-corrected chi connectivity index (χ4v) is 8.62. The monoisotopic (exact) mass is 908 g/mol. The number of nitrogens with zero attached hydrogens (tertiary/aromatic N) is 1. The van der Waals surface area contributed by atoms with Gasteiger partial charge in [-0.25, -0.2) is 0 Å². The van der Waals surface area contributed by atoms with Crippen LogP contribution in [0.1, 0.15) is 76.2 Å². The largest absolute Gasteiger partial charge is 0.458 e. The Hall–Kier alpha value is -7.04. The van der Waals surface area contributed by atoms with Crippen molar-refractivity contribution in [3.05, 3.63) is 216 Å². The number of para-hydroxylation sites is 7. The summed E-state index contributed by atoms with van der Waals surface area (Å²) in [6.45, 7) is 25.2. The first kappa shape index (κ1) is 49.9. The summed E-state index contributed by atoms with van der Waals surface area (Å²) < 4.78 is 11.7. The van der Waals surface area contributed by atoms with Gasteiger partial charge in [0, 0.05) is 17.1 Å². The van der Waals surface area contributed by atoms with Gasteiger partial charge in [-0.3, -0.25) is 4.79 Å². The van der Waals surface area contributed by atoms with Crippen LogP contribution in [0.4, 0.5) is 17.1 Å². The van der Waals surface area contributed by atoms with Crippen LogP contribution < -0.4 is 42.4 Å². The van der Waals surface area contributed by atoms with E-state index in [2.05, 4.69) is 215 Å². The van der Waals surface area contributed by atoms with Crippen molar-refractivity contribution >= 4 is 79.7 Å². The van der Waals surface area contributed by atoms with E-state index in [1.807, 2.05) is 60.7 Å². The zero-order valence-corrected chi connectivity index (χ0v) is 42.5. The summed E-state index contributed by atoms with van der Waals surface area (Å²) in [5, 5.41) is 1.43. The first-order valence-corrected chi connectivity index (χ1v) is 24.2. The van der Waals surface area contributed by atoms with Crippen LogP contribution in [0, 0.1) is 10.8 Å². The molecule has 0 radical (unpaired) electrons. The van der Waals surface area contributed by atoms with Gasteiger partial charge in [0.2, 0.25) is 12.1 Å². The van der Waals surface area contributed by atoms with Gasteiger partial charge < -0.3 is 14.1 Å². The summed E-state index contributed by atoms with van der Waals surface area (Å²) in [5.74, 6) is 1.92. The van der Waals surface area contributed by atoms with Crippen LogP contribution in [0.5, 0.6) is 11.5 Å². The second-order valence-corrected chi connectivity index (χ2v) is 22.0. The van der Waals surface area contributed by atoms with E-state index in [1.165, 1.54) is 44.4 Å². The Morgan fingerprint density at radius 3 is 1.17 bits per heavy atom. The summed E-state index contributed by atoms with van der Waals surface area (Å²) in [4.78, 5) is 14.4. The zero-order chi connectivity index (χ0) is 49.3. The van der Waals surface area contributed by atoms with E-state index in [1.54, 1.807) is 12.1 Å². The normalized spacial score (nSPS) is 12.4. The topological polar surface area (TPSA) is 42.7 Å². The minimum atomic E-state index is 0.0347. The Morgan fingerprint density at radius 2 is 0.739 bits per heavy atom. The molecule has 348 valence electrons. The van der Waals surface area contributed by atoms with Crippen LogP contribution in [-0.2, 0) is 0 Å². The molecule has 0 fully saturated rings. The summed E-state index contributed by atoms with van der Waals surface area (Å²) in [6.07, 6.45) is 0. The third kappa shape index (κ3) is 12.7. The quantitative estimate of drug-likeness (QED) is 0.128. The van der Waals surface area contributed by atoms with E-state index in [-0.39, 0.29) is 17.5 Å². The van der Waals surface area contributed by atoms with Gasteiger partial charge in [0.1, 0.15) is 22.7 Å². The molecule has 0 atom stereocenters. The predicted molar refractivity (Wildman–Crippen MR) is 300 cm³/mol. The lowest BCUT2D eigenvalue weighted by Crippen LogP contribution is -2.54. The van der Waals surface area contributed by atoms with E-state index in [9.17, 15) is 4.79 Å². The number of anilines is 3. The number of fused-ring (bicyclic) bond motifs is 6. The highest BCUT2D eigenvalue weighted by Crippen LogP contribution is 2.40. The third-order valence-corrected chi connectivity index (χ3v) is 11.2. The highest BCUT2D eigenvalue weighted by atomic mass is 16.5. The van der Waals surface area contributed by atoms with Crippen LogP contribution in [0.15, 0.2) is 215 Å². The summed E-state index contributed by atoms with van der Waals surface area (Å²) in [6, 6.07) is 70.1. The average molecular weight is 908 g/mol. The molecule has 69 heavy (non-hydrogen) atoms. The number of hydrogen-bond acceptors (Lipinski definition) is 4. The number of hydrogen-bond donors (Lipinski definition) is 0. The lowest BCUT2D eigenvalue weighted by Gasteiger charge is -2.41. The molecular formula is C63H67B2NO3. The summed E-state index contributed by atoms with van der Waals surface area (Å²) in [7, 11) is 0. The number of benzene rings is 8. The van der Waals surface area contributed by atoms with Crippen molar-refractivity contribution in [2.75, 3.05) is 4.90 Å². The Bertz CT molecular complexity index is 2990. The lowest BCUT2D eigenvalue weighted by atomic mass is 9.27. The summed E-state index contributed by atoms with van der Waals surface area (Å²) >= 11 is 0. The van der Waals surface area contributed by atoms with E-state index in [0.29, 0.717) is 39.5 Å². The second-order valence-electron chi connectivity index (χ2n) is 22.0. The molecule has 3 heterocycles. The Labute approximate surface area is 412 Å². The molecule has 8 aromatic carbocycles. The molecule has 0 bridgehead atoms. The number of ether oxygens (including phenoxy) is 1. The lowest BCUT2D eigenvalue weighted by molar-refractivity contribution is 0.469. The second kappa shape index (κ2) is 21.5. The Balaban J connectivity index is 0.000000141. The maximum Gasteiger partial charge on any atom is 0.250 e. The SMILES string of the molecule is CC(C)(C)B1c2ccccc2N(c2ccccc2)c2ccccc21.CC(C)(C)C.CC(C)(C)C.O=c1c2ccccc2oc2ccccc12.c1ccc(B2c3ccccc3Oc3ccccc32)cc1. The maximum absolute atomic E-state index is 12.0. The van der Waals surface area contributed by atoms with Crippen LogP contribution in [0.2, 0.25) is 5.31 Å². The van der Waals surface area contributed by atoms with Crippen LogP contribution in [0.3, 0.4) is 0 Å². The van der Waals surface area contributed by atoms with Crippen LogP contribution in [-0.4, -0.2) is 13.4 Å². The van der Waals surface area contributed by atoms with Gasteiger partial charge in [-0.1, -0.05) is 227 Å². The highest BCUT2D eigenvalue weighted by Gasteiger charge is 2.40. The average Bonchev–Trinajstić information content (AvgIpc) is 3.32. The molecule has 6 heteroatoms. The van der Waals surface area contributed by atoms with E-state index < -0.39 is 0 Å². The highest BCUT2D eigenvalue weighted by molar-refractivity contribution is 6.97. The molecule has 0 unspecified atom stereocenters. The van der Waals surface area contributed by atoms with E-state index in [4.69, 9.17) is 9.15 Å². The van der Waals surface area contributed by atoms with Crippen molar-refractivity contribution in [2.24, 2.45) is 10.8 Å². The predicted octanol–water partition coefficient (Wildman–Crippen LogP) is 14.2. The van der Waals surface area contributed by atoms with E-state index in [0.717, 1.165) is 11.5 Å². The van der Waals surface area contributed by atoms with Crippen molar-refractivity contribution in [1.82, 2.24) is 0 Å². The Morgan fingerprint density at radius 1 is 0.391 bits per heavy atom. The molecule has 11 rings (SSSR count). The van der Waals surface area contributed by atoms with Crippen LogP contribution in [0.25, 0.3) is 21.9 Å². The molecule has 2 aliphatic heterocycles. The minimum absolute atomic E-state index is 0.0347. The fraction of sp³-hybridized carbons (Fsp3) is 0.222. The van der Waals surface area contributed by atoms with Gasteiger partial charge in [0.15, 0.2) is 0 Å². The van der Waals surface area contributed by atoms with Crippen molar-refractivity contribution < 1.29 is 9.15 Å². The van der Waals surface area contributed by atoms with E-state index >= 15 is 0 Å². The van der Waals surface area contributed by atoms with Gasteiger partial charge in [0.25, 0.3) is 6.71 Å². The zero-order valence-electron chi connectivity index (χ0n) is 42.5. The van der Waals surface area contributed by atoms with Gasteiger partial charge in [0.05, 0.1) is 10.8 Å². The first-order valence-electron chi connectivity index (χ1n) is 24.2.